The molecule has 1 atom stereocenters. The number of thiazole rings is 1. The SMILES string of the molecule is Cc1nc(COc2ccc(C(=O)OCC(=O)N[C@@H](C)c3ccco3)cc2)cs1. The van der Waals surface area contributed by atoms with Crippen LogP contribution in [-0.2, 0) is 16.1 Å². The van der Waals surface area contributed by atoms with Gasteiger partial charge in [-0.15, -0.1) is 11.3 Å². The van der Waals surface area contributed by atoms with Gasteiger partial charge in [-0.25, -0.2) is 9.78 Å². The van der Waals surface area contributed by atoms with E-state index in [1.54, 1.807) is 54.7 Å². The standard InChI is InChI=1S/C20H20N2O5S/c1-13(18-4-3-9-25-18)21-19(23)11-27-20(24)15-5-7-17(8-6-15)26-10-16-12-28-14(2)22-16/h3-9,12-13H,10-11H2,1-2H3,(H,21,23)/t13-/m0/s1. The maximum atomic E-state index is 12.1. The smallest absolute Gasteiger partial charge is 0.338 e. The Labute approximate surface area is 166 Å². The molecule has 28 heavy (non-hydrogen) atoms. The summed E-state index contributed by atoms with van der Waals surface area (Å²) in [7, 11) is 0. The zero-order chi connectivity index (χ0) is 19.9. The molecule has 0 spiro atoms. The number of esters is 1. The van der Waals surface area contributed by atoms with Crippen molar-refractivity contribution in [1.29, 1.82) is 0 Å². The summed E-state index contributed by atoms with van der Waals surface area (Å²) in [6.45, 7) is 3.71. The Morgan fingerprint density at radius 3 is 2.68 bits per heavy atom. The first-order valence-corrected chi connectivity index (χ1v) is 9.53. The van der Waals surface area contributed by atoms with Crippen LogP contribution in [0.4, 0.5) is 0 Å². The molecule has 3 rings (SSSR count). The lowest BCUT2D eigenvalue weighted by Gasteiger charge is -2.11. The summed E-state index contributed by atoms with van der Waals surface area (Å²) in [6.07, 6.45) is 1.53. The minimum atomic E-state index is -0.581. The van der Waals surface area contributed by atoms with Crippen LogP contribution in [0, 0.1) is 6.92 Å². The average Bonchev–Trinajstić information content (AvgIpc) is 3.37. The lowest BCUT2D eigenvalue weighted by molar-refractivity contribution is -0.125. The number of nitrogens with one attached hydrogen (secondary N) is 1. The lowest BCUT2D eigenvalue weighted by atomic mass is 10.2. The molecule has 0 unspecified atom stereocenters. The molecule has 0 aliphatic carbocycles. The first kappa shape index (κ1) is 19.6. The number of amides is 1. The van der Waals surface area contributed by atoms with Gasteiger partial charge in [0.2, 0.25) is 0 Å². The van der Waals surface area contributed by atoms with Crippen molar-refractivity contribution < 1.29 is 23.5 Å². The van der Waals surface area contributed by atoms with Crippen LogP contribution in [0.2, 0.25) is 0 Å². The maximum absolute atomic E-state index is 12.1. The number of carbonyl (C=O) groups is 2. The van der Waals surface area contributed by atoms with E-state index in [4.69, 9.17) is 13.9 Å². The fraction of sp³-hybridized carbons (Fsp3) is 0.250. The Kier molecular flexibility index (Phi) is 6.44. The fourth-order valence-corrected chi connectivity index (χ4v) is 3.02. The Morgan fingerprint density at radius 2 is 2.04 bits per heavy atom. The number of hydrogen-bond donors (Lipinski definition) is 1. The minimum Gasteiger partial charge on any atom is -0.487 e. The normalized spacial score (nSPS) is 11.6. The third-order valence-electron chi connectivity index (χ3n) is 3.83. The number of furan rings is 1. The van der Waals surface area contributed by atoms with Crippen molar-refractivity contribution in [3.63, 3.8) is 0 Å². The molecule has 2 aromatic heterocycles. The quantitative estimate of drug-likeness (QED) is 0.581. The van der Waals surface area contributed by atoms with Crippen LogP contribution in [0.15, 0.2) is 52.5 Å². The van der Waals surface area contributed by atoms with Crippen LogP contribution in [0.1, 0.15) is 39.8 Å². The van der Waals surface area contributed by atoms with Crippen LogP contribution in [0.5, 0.6) is 5.75 Å². The Balaban J connectivity index is 1.44. The van der Waals surface area contributed by atoms with Crippen molar-refractivity contribution in [2.24, 2.45) is 0 Å². The summed E-state index contributed by atoms with van der Waals surface area (Å²) in [4.78, 5) is 28.3. The summed E-state index contributed by atoms with van der Waals surface area (Å²) in [6, 6.07) is 9.73. The molecule has 0 radical (unpaired) electrons. The molecule has 0 aliphatic rings. The first-order valence-electron chi connectivity index (χ1n) is 8.65. The number of nitrogens with zero attached hydrogens (tertiary/aromatic N) is 1. The predicted molar refractivity (Wildman–Crippen MR) is 103 cm³/mol. The maximum Gasteiger partial charge on any atom is 0.338 e. The number of hydrogen-bond acceptors (Lipinski definition) is 7. The van der Waals surface area contributed by atoms with Crippen molar-refractivity contribution in [2.75, 3.05) is 6.61 Å². The molecular formula is C20H20N2O5S. The van der Waals surface area contributed by atoms with Crippen LogP contribution < -0.4 is 10.1 Å². The second-order valence-corrected chi connectivity index (χ2v) is 7.11. The van der Waals surface area contributed by atoms with E-state index in [0.717, 1.165) is 10.7 Å². The van der Waals surface area contributed by atoms with Gasteiger partial charge in [0.15, 0.2) is 6.61 Å². The highest BCUT2D eigenvalue weighted by molar-refractivity contribution is 7.09. The Hall–Kier alpha value is -3.13. The second kappa shape index (κ2) is 9.18. The zero-order valence-corrected chi connectivity index (χ0v) is 16.3. The third-order valence-corrected chi connectivity index (χ3v) is 4.65. The van der Waals surface area contributed by atoms with Crippen molar-refractivity contribution in [3.05, 3.63) is 70.1 Å². The van der Waals surface area contributed by atoms with Gasteiger partial charge in [0.25, 0.3) is 5.91 Å². The first-order chi connectivity index (χ1) is 13.5. The van der Waals surface area contributed by atoms with Gasteiger partial charge in [-0.05, 0) is 50.2 Å². The number of aromatic nitrogens is 1. The lowest BCUT2D eigenvalue weighted by Crippen LogP contribution is -2.30. The number of ether oxygens (including phenoxy) is 2. The van der Waals surface area contributed by atoms with Gasteiger partial charge in [-0.3, -0.25) is 4.79 Å². The van der Waals surface area contributed by atoms with Crippen molar-refractivity contribution in [1.82, 2.24) is 10.3 Å². The molecule has 0 fully saturated rings. The third kappa shape index (κ3) is 5.43. The number of benzene rings is 1. The molecule has 0 saturated carbocycles. The minimum absolute atomic E-state index is 0.306. The van der Waals surface area contributed by atoms with Crippen molar-refractivity contribution in [3.8, 4) is 5.75 Å². The molecule has 146 valence electrons. The largest absolute Gasteiger partial charge is 0.487 e. The second-order valence-electron chi connectivity index (χ2n) is 6.05. The monoisotopic (exact) mass is 400 g/mol. The molecule has 0 aliphatic heterocycles. The van der Waals surface area contributed by atoms with Crippen LogP contribution in [0.3, 0.4) is 0 Å². The zero-order valence-electron chi connectivity index (χ0n) is 15.5. The molecule has 7 nitrogen and oxygen atoms in total. The number of rotatable bonds is 8. The number of aryl methyl sites for hydroxylation is 1. The Morgan fingerprint density at radius 1 is 1.25 bits per heavy atom. The van der Waals surface area contributed by atoms with E-state index in [2.05, 4.69) is 10.3 Å². The highest BCUT2D eigenvalue weighted by Gasteiger charge is 2.14. The highest BCUT2D eigenvalue weighted by Crippen LogP contribution is 2.16. The van der Waals surface area contributed by atoms with Crippen molar-refractivity contribution in [2.45, 2.75) is 26.5 Å². The summed E-state index contributed by atoms with van der Waals surface area (Å²) >= 11 is 1.57. The average molecular weight is 400 g/mol. The molecule has 8 heteroatoms. The Bertz CT molecular complexity index is 918. The molecule has 1 amide bonds. The summed E-state index contributed by atoms with van der Waals surface area (Å²) in [5.74, 6) is 0.258. The molecule has 1 N–H and O–H groups in total. The fourth-order valence-electron chi connectivity index (χ4n) is 2.43. The van der Waals surface area contributed by atoms with E-state index < -0.39 is 11.9 Å². The van der Waals surface area contributed by atoms with Crippen molar-refractivity contribution >= 4 is 23.2 Å². The van der Waals surface area contributed by atoms with E-state index in [0.29, 0.717) is 23.7 Å². The van der Waals surface area contributed by atoms with Gasteiger partial charge in [-0.2, -0.15) is 0 Å². The molecule has 2 heterocycles. The molecule has 0 bridgehead atoms. The van der Waals surface area contributed by atoms with Gasteiger partial charge in [-0.1, -0.05) is 0 Å². The van der Waals surface area contributed by atoms with Crippen LogP contribution in [-0.4, -0.2) is 23.5 Å². The van der Waals surface area contributed by atoms with E-state index in [-0.39, 0.29) is 12.6 Å². The topological polar surface area (TPSA) is 90.7 Å². The summed E-state index contributed by atoms with van der Waals surface area (Å²) in [5, 5.41) is 5.63. The van der Waals surface area contributed by atoms with Gasteiger partial charge in [0.1, 0.15) is 18.1 Å². The van der Waals surface area contributed by atoms with Gasteiger partial charge in [0.05, 0.1) is 28.6 Å². The van der Waals surface area contributed by atoms with Crippen LogP contribution >= 0.6 is 11.3 Å². The summed E-state index contributed by atoms with van der Waals surface area (Å²) < 4.78 is 15.9. The van der Waals surface area contributed by atoms with Gasteiger partial charge < -0.3 is 19.2 Å². The van der Waals surface area contributed by atoms with Crippen LogP contribution in [0.25, 0.3) is 0 Å². The molecule has 1 aromatic carbocycles. The number of carbonyl (C=O) groups excluding carboxylic acids is 2. The highest BCUT2D eigenvalue weighted by atomic mass is 32.1. The summed E-state index contributed by atoms with van der Waals surface area (Å²) in [5.41, 5.74) is 1.20. The van der Waals surface area contributed by atoms with E-state index >= 15 is 0 Å². The van der Waals surface area contributed by atoms with E-state index in [1.807, 2.05) is 12.3 Å². The van der Waals surface area contributed by atoms with Gasteiger partial charge in [0, 0.05) is 5.38 Å². The van der Waals surface area contributed by atoms with E-state index in [9.17, 15) is 9.59 Å². The predicted octanol–water partition coefficient (Wildman–Crippen LogP) is 3.66. The van der Waals surface area contributed by atoms with Gasteiger partial charge >= 0.3 is 5.97 Å². The molecular weight excluding hydrogens is 380 g/mol. The molecule has 0 saturated heterocycles. The molecule has 3 aromatic rings. The van der Waals surface area contributed by atoms with E-state index in [1.165, 1.54) is 6.26 Å².